The molecular weight excluding hydrogens is 328 g/mol. The predicted molar refractivity (Wildman–Crippen MR) is 78.7 cm³/mol. The van der Waals surface area contributed by atoms with E-state index in [4.69, 9.17) is 14.6 Å². The molecular formula is C14H19BrO5. The summed E-state index contributed by atoms with van der Waals surface area (Å²) in [6, 6.07) is 2.83. The first-order valence-electron chi connectivity index (χ1n) is 6.33. The average Bonchev–Trinajstić information content (AvgIpc) is 2.44. The minimum Gasteiger partial charge on any atom is -0.493 e. The Morgan fingerprint density at radius 3 is 2.40 bits per heavy atom. The molecule has 1 aromatic carbocycles. The molecule has 0 aliphatic rings. The van der Waals surface area contributed by atoms with Crippen molar-refractivity contribution in [3.63, 3.8) is 0 Å². The summed E-state index contributed by atoms with van der Waals surface area (Å²) in [5.41, 5.74) is -0.807. The standard InChI is InChI=1S/C14H19BrO5/c1-4-14(18,5-2)8-20-12-10(15)6-9(13(16)17)7-11(12)19-3/h6-7,18H,4-5,8H2,1-3H3,(H,16,17). The van der Waals surface area contributed by atoms with Gasteiger partial charge >= 0.3 is 5.97 Å². The van der Waals surface area contributed by atoms with Gasteiger partial charge in [-0.25, -0.2) is 4.79 Å². The van der Waals surface area contributed by atoms with Gasteiger partial charge in [0.1, 0.15) is 6.61 Å². The fourth-order valence-electron chi connectivity index (χ4n) is 1.64. The first kappa shape index (κ1) is 16.8. The van der Waals surface area contributed by atoms with Gasteiger partial charge in [0.2, 0.25) is 0 Å². The van der Waals surface area contributed by atoms with Crippen molar-refractivity contribution < 1.29 is 24.5 Å². The maximum absolute atomic E-state index is 11.0. The average molecular weight is 347 g/mol. The van der Waals surface area contributed by atoms with Gasteiger partial charge in [-0.2, -0.15) is 0 Å². The van der Waals surface area contributed by atoms with E-state index in [0.29, 0.717) is 28.8 Å². The molecule has 0 spiro atoms. The third-order valence-corrected chi connectivity index (χ3v) is 3.87. The van der Waals surface area contributed by atoms with Crippen molar-refractivity contribution in [2.45, 2.75) is 32.3 Å². The smallest absolute Gasteiger partial charge is 0.335 e. The topological polar surface area (TPSA) is 76.0 Å². The number of methoxy groups -OCH3 is 1. The predicted octanol–water partition coefficient (Wildman–Crippen LogP) is 3.09. The molecule has 0 aromatic heterocycles. The molecule has 2 N–H and O–H groups in total. The molecule has 0 radical (unpaired) electrons. The number of halogens is 1. The molecule has 0 saturated heterocycles. The van der Waals surface area contributed by atoms with E-state index in [1.165, 1.54) is 19.2 Å². The van der Waals surface area contributed by atoms with E-state index in [-0.39, 0.29) is 12.2 Å². The Morgan fingerprint density at radius 2 is 1.95 bits per heavy atom. The molecule has 0 aliphatic heterocycles. The van der Waals surface area contributed by atoms with Crippen molar-refractivity contribution in [2.24, 2.45) is 0 Å². The van der Waals surface area contributed by atoms with Crippen molar-refractivity contribution in [1.82, 2.24) is 0 Å². The Morgan fingerprint density at radius 1 is 1.35 bits per heavy atom. The molecule has 1 aromatic rings. The van der Waals surface area contributed by atoms with Gasteiger partial charge in [-0.15, -0.1) is 0 Å². The van der Waals surface area contributed by atoms with Crippen LogP contribution >= 0.6 is 15.9 Å². The lowest BCUT2D eigenvalue weighted by Gasteiger charge is -2.26. The molecule has 0 amide bonds. The number of carboxylic acids is 1. The molecule has 0 aliphatic carbocycles. The molecule has 20 heavy (non-hydrogen) atoms. The summed E-state index contributed by atoms with van der Waals surface area (Å²) in [6.45, 7) is 3.88. The van der Waals surface area contributed by atoms with Gasteiger partial charge in [0.25, 0.3) is 0 Å². The minimum atomic E-state index is -1.05. The maximum atomic E-state index is 11.0. The number of ether oxygens (including phenoxy) is 2. The monoisotopic (exact) mass is 346 g/mol. The summed E-state index contributed by atoms with van der Waals surface area (Å²) in [4.78, 5) is 11.0. The van der Waals surface area contributed by atoms with E-state index in [0.717, 1.165) is 0 Å². The summed E-state index contributed by atoms with van der Waals surface area (Å²) in [5.74, 6) is -0.349. The van der Waals surface area contributed by atoms with Gasteiger partial charge in [0, 0.05) is 0 Å². The van der Waals surface area contributed by atoms with Crippen LogP contribution in [-0.4, -0.2) is 35.5 Å². The fraction of sp³-hybridized carbons (Fsp3) is 0.500. The van der Waals surface area contributed by atoms with E-state index in [1.54, 1.807) is 0 Å². The zero-order chi connectivity index (χ0) is 15.3. The number of aromatic carboxylic acids is 1. The highest BCUT2D eigenvalue weighted by Crippen LogP contribution is 2.37. The minimum absolute atomic E-state index is 0.0994. The van der Waals surface area contributed by atoms with Crippen molar-refractivity contribution in [3.05, 3.63) is 22.2 Å². The van der Waals surface area contributed by atoms with Gasteiger partial charge in [-0.3, -0.25) is 0 Å². The number of carboxylic acid groups (broad SMARTS) is 1. The van der Waals surface area contributed by atoms with Crippen LogP contribution in [0.3, 0.4) is 0 Å². The fourth-order valence-corrected chi connectivity index (χ4v) is 2.20. The van der Waals surface area contributed by atoms with E-state index < -0.39 is 11.6 Å². The van der Waals surface area contributed by atoms with E-state index >= 15 is 0 Å². The number of aliphatic hydroxyl groups is 1. The van der Waals surface area contributed by atoms with Gasteiger partial charge in [-0.05, 0) is 40.9 Å². The molecule has 112 valence electrons. The van der Waals surface area contributed by atoms with E-state index in [9.17, 15) is 9.90 Å². The number of hydrogen-bond acceptors (Lipinski definition) is 4. The second kappa shape index (κ2) is 6.95. The Kier molecular flexibility index (Phi) is 5.83. The van der Waals surface area contributed by atoms with Crippen molar-refractivity contribution in [3.8, 4) is 11.5 Å². The largest absolute Gasteiger partial charge is 0.493 e. The van der Waals surface area contributed by atoms with Crippen LogP contribution in [0.5, 0.6) is 11.5 Å². The second-order valence-corrected chi connectivity index (χ2v) is 5.37. The Hall–Kier alpha value is -1.27. The lowest BCUT2D eigenvalue weighted by atomic mass is 9.99. The maximum Gasteiger partial charge on any atom is 0.335 e. The first-order chi connectivity index (χ1) is 9.36. The summed E-state index contributed by atoms with van der Waals surface area (Å²) in [6.07, 6.45) is 1.13. The molecule has 0 heterocycles. The van der Waals surface area contributed by atoms with E-state index in [1.807, 2.05) is 13.8 Å². The lowest BCUT2D eigenvalue weighted by molar-refractivity contribution is -0.0121. The molecule has 0 atom stereocenters. The highest BCUT2D eigenvalue weighted by molar-refractivity contribution is 9.10. The van der Waals surface area contributed by atoms with Crippen LogP contribution in [0.2, 0.25) is 0 Å². The quantitative estimate of drug-likeness (QED) is 0.793. The van der Waals surface area contributed by atoms with Crippen LogP contribution in [0, 0.1) is 0 Å². The van der Waals surface area contributed by atoms with Crippen LogP contribution in [0.1, 0.15) is 37.0 Å². The number of carbonyl (C=O) groups is 1. The third-order valence-electron chi connectivity index (χ3n) is 3.28. The Balaban J connectivity index is 3.03. The van der Waals surface area contributed by atoms with Crippen LogP contribution in [-0.2, 0) is 0 Å². The van der Waals surface area contributed by atoms with Gasteiger partial charge in [-0.1, -0.05) is 13.8 Å². The summed E-state index contributed by atoms with van der Waals surface area (Å²) >= 11 is 3.27. The number of hydrogen-bond donors (Lipinski definition) is 2. The normalized spacial score (nSPS) is 11.2. The molecule has 0 bridgehead atoms. The van der Waals surface area contributed by atoms with Gasteiger partial charge < -0.3 is 19.7 Å². The molecule has 0 fully saturated rings. The molecule has 5 nitrogen and oxygen atoms in total. The summed E-state index contributed by atoms with van der Waals surface area (Å²) in [7, 11) is 1.44. The molecule has 0 saturated carbocycles. The number of rotatable bonds is 7. The molecule has 6 heteroatoms. The SMILES string of the molecule is CCC(O)(CC)COc1c(Br)cc(C(=O)O)cc1OC. The van der Waals surface area contributed by atoms with Gasteiger partial charge in [0.15, 0.2) is 11.5 Å². The van der Waals surface area contributed by atoms with Crippen LogP contribution in [0.4, 0.5) is 0 Å². The zero-order valence-electron chi connectivity index (χ0n) is 11.8. The lowest BCUT2D eigenvalue weighted by Crippen LogP contribution is -2.34. The van der Waals surface area contributed by atoms with Crippen molar-refractivity contribution in [1.29, 1.82) is 0 Å². The summed E-state index contributed by atoms with van der Waals surface area (Å²) < 4.78 is 11.3. The highest BCUT2D eigenvalue weighted by atomic mass is 79.9. The van der Waals surface area contributed by atoms with Crippen molar-refractivity contribution in [2.75, 3.05) is 13.7 Å². The summed E-state index contributed by atoms with van der Waals surface area (Å²) in [5, 5.41) is 19.2. The third kappa shape index (κ3) is 3.86. The Labute approximate surface area is 126 Å². The van der Waals surface area contributed by atoms with Crippen molar-refractivity contribution >= 4 is 21.9 Å². The van der Waals surface area contributed by atoms with Gasteiger partial charge in [0.05, 0.1) is 22.7 Å². The zero-order valence-corrected chi connectivity index (χ0v) is 13.4. The first-order valence-corrected chi connectivity index (χ1v) is 7.12. The van der Waals surface area contributed by atoms with E-state index in [2.05, 4.69) is 15.9 Å². The Bertz CT molecular complexity index is 483. The molecule has 0 unspecified atom stereocenters. The van der Waals surface area contributed by atoms with Crippen LogP contribution in [0.15, 0.2) is 16.6 Å². The van der Waals surface area contributed by atoms with Crippen LogP contribution < -0.4 is 9.47 Å². The number of benzene rings is 1. The second-order valence-electron chi connectivity index (χ2n) is 4.51. The highest BCUT2D eigenvalue weighted by Gasteiger charge is 2.25. The molecule has 1 rings (SSSR count). The van der Waals surface area contributed by atoms with Crippen LogP contribution in [0.25, 0.3) is 0 Å².